The number of pyridine rings is 1. The van der Waals surface area contributed by atoms with E-state index in [0.717, 1.165) is 63.5 Å². The van der Waals surface area contributed by atoms with Crippen LogP contribution in [0.5, 0.6) is 5.75 Å². The van der Waals surface area contributed by atoms with Crippen molar-refractivity contribution in [2.75, 3.05) is 35.2 Å². The largest absolute Gasteiger partial charge is 0.494 e. The van der Waals surface area contributed by atoms with E-state index in [1.165, 1.54) is 11.3 Å². The number of rotatable bonds is 14. The summed E-state index contributed by atoms with van der Waals surface area (Å²) >= 11 is 1.42. The number of imide groups is 2. The van der Waals surface area contributed by atoms with Crippen LogP contribution >= 0.6 is 11.3 Å². The second-order valence-corrected chi connectivity index (χ2v) is 16.2. The standard InChI is InChI=1S/C45H43N7O7S/c1-26-32(12-8-20-46-26)42(56)51-21-18-29-25-30(14-15-35(29)51)40-27(2)60-45(50-40)49-38(54)24-28-9-6-10-31(23-28)59-22-5-3-4-19-47-34-13-7-11-33-39(34)44(58)52(43(33)57)36-16-17-37(53)48-41(36)55/h6-15,20,23,25,36,47H,3-5,16-19,21-22,24H2,1-2H3,(H,48,53,55)(H,49,50,54). The van der Waals surface area contributed by atoms with Gasteiger partial charge in [0.05, 0.1) is 35.4 Å². The second-order valence-electron chi connectivity index (χ2n) is 15.0. The Labute approximate surface area is 350 Å². The number of hydrogen-bond acceptors (Lipinski definition) is 11. The Kier molecular flexibility index (Phi) is 11.5. The van der Waals surface area contributed by atoms with Crippen LogP contribution in [-0.4, -0.2) is 76.0 Å². The minimum Gasteiger partial charge on any atom is -0.494 e. The van der Waals surface area contributed by atoms with Crippen LogP contribution in [0.2, 0.25) is 0 Å². The molecule has 2 aromatic heterocycles. The van der Waals surface area contributed by atoms with E-state index >= 15 is 0 Å². The van der Waals surface area contributed by atoms with Gasteiger partial charge in [0.1, 0.15) is 11.8 Å². The summed E-state index contributed by atoms with van der Waals surface area (Å²) in [6.07, 6.45) is 5.14. The molecule has 1 atom stereocenters. The lowest BCUT2D eigenvalue weighted by Crippen LogP contribution is -2.54. The molecule has 0 spiro atoms. The van der Waals surface area contributed by atoms with Gasteiger partial charge in [-0.05, 0) is 106 Å². The van der Waals surface area contributed by atoms with Gasteiger partial charge in [-0.1, -0.05) is 24.3 Å². The highest BCUT2D eigenvalue weighted by Gasteiger charge is 2.45. The number of nitrogens with zero attached hydrogens (tertiary/aromatic N) is 4. The van der Waals surface area contributed by atoms with E-state index in [9.17, 15) is 28.8 Å². The van der Waals surface area contributed by atoms with Crippen LogP contribution in [0.3, 0.4) is 0 Å². The summed E-state index contributed by atoms with van der Waals surface area (Å²) in [6.45, 7) is 5.45. The maximum atomic E-state index is 13.3. The Bertz CT molecular complexity index is 2550. The Hall–Kier alpha value is -6.74. The average Bonchev–Trinajstić information content (AvgIpc) is 3.90. The molecule has 1 unspecified atom stereocenters. The monoisotopic (exact) mass is 825 g/mol. The van der Waals surface area contributed by atoms with E-state index in [2.05, 4.69) is 27.0 Å². The van der Waals surface area contributed by atoms with Gasteiger partial charge in [-0.2, -0.15) is 0 Å². The molecule has 8 rings (SSSR count). The third kappa shape index (κ3) is 8.25. The average molecular weight is 826 g/mol. The van der Waals surface area contributed by atoms with E-state index < -0.39 is 29.7 Å². The molecule has 3 aliphatic heterocycles. The molecule has 0 bridgehead atoms. The van der Waals surface area contributed by atoms with E-state index in [1.807, 2.05) is 50.2 Å². The van der Waals surface area contributed by atoms with Gasteiger partial charge in [-0.25, -0.2) is 4.98 Å². The van der Waals surface area contributed by atoms with Crippen molar-refractivity contribution >= 4 is 63.3 Å². The first kappa shape index (κ1) is 40.1. The molecule has 6 amide bonds. The SMILES string of the molecule is Cc1ncccc1C(=O)N1CCc2cc(-c3nc(NC(=O)Cc4cccc(OCCCCCNc5cccc6c5C(=O)N(C5CCC(=O)NC5=O)C6=O)c4)sc3C)ccc21. The number of thiazole rings is 1. The number of carbonyl (C=O) groups excluding carboxylic acids is 6. The number of ether oxygens (including phenoxy) is 1. The van der Waals surface area contributed by atoms with Gasteiger partial charge >= 0.3 is 0 Å². The third-order valence-electron chi connectivity index (χ3n) is 10.9. The molecular weight excluding hydrogens is 783 g/mol. The molecule has 1 fully saturated rings. The van der Waals surface area contributed by atoms with Gasteiger partial charge in [0.15, 0.2) is 5.13 Å². The highest BCUT2D eigenvalue weighted by atomic mass is 32.1. The van der Waals surface area contributed by atoms with E-state index in [4.69, 9.17) is 9.72 Å². The third-order valence-corrected chi connectivity index (χ3v) is 11.8. The minimum atomic E-state index is -1.01. The molecule has 5 heterocycles. The number of hydrogen-bond donors (Lipinski definition) is 3. The van der Waals surface area contributed by atoms with Crippen molar-refractivity contribution in [3.63, 3.8) is 0 Å². The first-order valence-corrected chi connectivity index (χ1v) is 20.8. The lowest BCUT2D eigenvalue weighted by molar-refractivity contribution is -0.136. The number of nitrogens with one attached hydrogen (secondary N) is 3. The number of anilines is 3. The number of amides is 6. The molecule has 1 saturated heterocycles. The van der Waals surface area contributed by atoms with Crippen LogP contribution in [0.15, 0.2) is 79.0 Å². The zero-order valence-electron chi connectivity index (χ0n) is 33.2. The van der Waals surface area contributed by atoms with E-state index in [0.29, 0.717) is 47.5 Å². The maximum Gasteiger partial charge on any atom is 0.264 e. The van der Waals surface area contributed by atoms with Gasteiger partial charge in [0, 0.05) is 53.2 Å². The molecule has 0 saturated carbocycles. The van der Waals surface area contributed by atoms with Gasteiger partial charge in [0.25, 0.3) is 17.7 Å². The smallest absolute Gasteiger partial charge is 0.264 e. The van der Waals surface area contributed by atoms with Crippen LogP contribution in [-0.2, 0) is 27.2 Å². The van der Waals surface area contributed by atoms with Crippen molar-refractivity contribution in [2.24, 2.45) is 0 Å². The number of benzene rings is 3. The second kappa shape index (κ2) is 17.2. The van der Waals surface area contributed by atoms with Crippen LogP contribution in [0.25, 0.3) is 11.3 Å². The zero-order valence-corrected chi connectivity index (χ0v) is 34.0. The first-order valence-electron chi connectivity index (χ1n) is 20.0. The quantitative estimate of drug-likeness (QED) is 0.0854. The summed E-state index contributed by atoms with van der Waals surface area (Å²) in [4.78, 5) is 89.7. The Balaban J connectivity index is 0.784. The van der Waals surface area contributed by atoms with Crippen molar-refractivity contribution < 1.29 is 33.5 Å². The molecule has 60 heavy (non-hydrogen) atoms. The molecular formula is C45H43N7O7S. The Morgan fingerprint density at radius 1 is 0.933 bits per heavy atom. The Morgan fingerprint density at radius 2 is 1.78 bits per heavy atom. The number of fused-ring (bicyclic) bond motifs is 2. The van der Waals surface area contributed by atoms with Gasteiger partial charge in [-0.15, -0.1) is 11.3 Å². The predicted octanol–water partition coefficient (Wildman–Crippen LogP) is 6.27. The zero-order chi connectivity index (χ0) is 41.9. The first-order chi connectivity index (χ1) is 29.0. The summed E-state index contributed by atoms with van der Waals surface area (Å²) in [5.74, 6) is -1.71. The van der Waals surface area contributed by atoms with Crippen LogP contribution < -0.4 is 25.6 Å². The summed E-state index contributed by atoms with van der Waals surface area (Å²) < 4.78 is 6.00. The molecule has 3 N–H and O–H groups in total. The molecule has 14 nitrogen and oxygen atoms in total. The van der Waals surface area contributed by atoms with Gasteiger partial charge < -0.3 is 20.3 Å². The number of aromatic nitrogens is 2. The number of aryl methyl sites for hydroxylation is 2. The van der Waals surface area contributed by atoms with Crippen LogP contribution in [0.4, 0.5) is 16.5 Å². The van der Waals surface area contributed by atoms with Gasteiger partial charge in [0.2, 0.25) is 17.7 Å². The number of unbranched alkanes of at least 4 members (excludes halogenated alkanes) is 2. The fourth-order valence-corrected chi connectivity index (χ4v) is 8.76. The van der Waals surface area contributed by atoms with E-state index in [-0.39, 0.29) is 42.2 Å². The molecule has 0 radical (unpaired) electrons. The highest BCUT2D eigenvalue weighted by molar-refractivity contribution is 7.16. The molecule has 306 valence electrons. The van der Waals surface area contributed by atoms with Crippen molar-refractivity contribution in [1.29, 1.82) is 0 Å². The summed E-state index contributed by atoms with van der Waals surface area (Å²) in [5.41, 5.74) is 6.82. The molecule has 15 heteroatoms. The lowest BCUT2D eigenvalue weighted by atomic mass is 10.0. The molecule has 5 aromatic rings. The minimum absolute atomic E-state index is 0.0572. The highest BCUT2D eigenvalue weighted by Crippen LogP contribution is 2.37. The summed E-state index contributed by atoms with van der Waals surface area (Å²) in [5, 5.41) is 8.97. The topological polar surface area (TPSA) is 180 Å². The predicted molar refractivity (Wildman–Crippen MR) is 226 cm³/mol. The molecule has 3 aromatic carbocycles. The van der Waals surface area contributed by atoms with Crippen molar-refractivity contribution in [1.82, 2.24) is 20.2 Å². The van der Waals surface area contributed by atoms with Crippen molar-refractivity contribution in [3.8, 4) is 17.0 Å². The van der Waals surface area contributed by atoms with Crippen molar-refractivity contribution in [2.45, 2.75) is 64.8 Å². The normalized spacial score (nSPS) is 15.8. The van der Waals surface area contributed by atoms with Crippen LogP contribution in [0, 0.1) is 13.8 Å². The molecule has 3 aliphatic rings. The lowest BCUT2D eigenvalue weighted by Gasteiger charge is -2.27. The molecule has 0 aliphatic carbocycles. The van der Waals surface area contributed by atoms with E-state index in [1.54, 1.807) is 41.4 Å². The fraction of sp³-hybridized carbons (Fsp3) is 0.289. The fourth-order valence-electron chi connectivity index (χ4n) is 7.91. The summed E-state index contributed by atoms with van der Waals surface area (Å²) in [7, 11) is 0. The Morgan fingerprint density at radius 3 is 2.62 bits per heavy atom. The number of carbonyl (C=O) groups is 6. The van der Waals surface area contributed by atoms with Gasteiger partial charge in [-0.3, -0.25) is 44.0 Å². The maximum absolute atomic E-state index is 13.3. The van der Waals surface area contributed by atoms with Crippen LogP contribution in [0.1, 0.15) is 84.9 Å². The van der Waals surface area contributed by atoms with Crippen molar-refractivity contribution in [3.05, 3.63) is 117 Å². The summed E-state index contributed by atoms with van der Waals surface area (Å²) in [6, 6.07) is 21.1. The number of piperidine rings is 1.